The summed E-state index contributed by atoms with van der Waals surface area (Å²) in [6.07, 6.45) is -2.90. The van der Waals surface area contributed by atoms with Crippen LogP contribution in [0, 0.1) is 0 Å². The molecule has 0 N–H and O–H groups in total. The van der Waals surface area contributed by atoms with Crippen LogP contribution in [-0.2, 0) is 17.5 Å². The number of para-hydroxylation sites is 1. The van der Waals surface area contributed by atoms with Gasteiger partial charge in [-0.15, -0.1) is 0 Å². The van der Waals surface area contributed by atoms with Gasteiger partial charge >= 0.3 is 12.1 Å². The fourth-order valence-electron chi connectivity index (χ4n) is 3.11. The van der Waals surface area contributed by atoms with Crippen LogP contribution in [0.5, 0.6) is 0 Å². The van der Waals surface area contributed by atoms with Gasteiger partial charge in [0.15, 0.2) is 0 Å². The van der Waals surface area contributed by atoms with Crippen molar-refractivity contribution in [2.45, 2.75) is 12.8 Å². The Balaban J connectivity index is 1.62. The molecule has 4 nitrogen and oxygen atoms in total. The normalized spacial score (nSPS) is 11.3. The second-order valence-corrected chi connectivity index (χ2v) is 6.81. The Morgan fingerprint density at radius 2 is 1.58 bits per heavy atom. The molecule has 0 aliphatic heterocycles. The summed E-state index contributed by atoms with van der Waals surface area (Å²) in [6.45, 7) is -0.284. The smallest absolute Gasteiger partial charge is 0.416 e. The lowest BCUT2D eigenvalue weighted by Crippen LogP contribution is -2.08. The van der Waals surface area contributed by atoms with Crippen molar-refractivity contribution >= 4 is 5.97 Å². The third-order valence-corrected chi connectivity index (χ3v) is 4.63. The van der Waals surface area contributed by atoms with Crippen molar-refractivity contribution in [2.24, 2.45) is 0 Å². The maximum atomic E-state index is 12.9. The fourth-order valence-corrected chi connectivity index (χ4v) is 3.11. The quantitative estimate of drug-likeness (QED) is 0.375. The molecule has 0 spiro atoms. The van der Waals surface area contributed by atoms with Gasteiger partial charge in [-0.1, -0.05) is 60.7 Å². The van der Waals surface area contributed by atoms with E-state index in [1.165, 1.54) is 12.1 Å². The van der Waals surface area contributed by atoms with Crippen molar-refractivity contribution in [2.75, 3.05) is 0 Å². The van der Waals surface area contributed by atoms with Crippen molar-refractivity contribution < 1.29 is 22.7 Å². The van der Waals surface area contributed by atoms with E-state index in [0.29, 0.717) is 5.69 Å². The Labute approximate surface area is 176 Å². The maximum Gasteiger partial charge on any atom is 0.416 e. The number of benzene rings is 3. The van der Waals surface area contributed by atoms with Gasteiger partial charge in [0.2, 0.25) is 0 Å². The molecule has 0 radical (unpaired) electrons. The minimum absolute atomic E-state index is 0.224. The largest absolute Gasteiger partial charge is 0.457 e. The Kier molecular flexibility index (Phi) is 5.58. The SMILES string of the molecule is O=C(OCc1cccc(C(F)(F)F)c1)c1cn(-c2ccccc2)nc1-c1ccccc1. The van der Waals surface area contributed by atoms with Gasteiger partial charge in [0, 0.05) is 11.8 Å². The van der Waals surface area contributed by atoms with E-state index >= 15 is 0 Å². The first-order chi connectivity index (χ1) is 14.9. The molecule has 0 fully saturated rings. The monoisotopic (exact) mass is 422 g/mol. The molecule has 31 heavy (non-hydrogen) atoms. The van der Waals surface area contributed by atoms with Crippen LogP contribution in [0.4, 0.5) is 13.2 Å². The predicted octanol–water partition coefficient (Wildman–Crippen LogP) is 5.92. The molecule has 0 saturated carbocycles. The molecule has 1 heterocycles. The molecular formula is C24H17F3N2O2. The van der Waals surface area contributed by atoms with Gasteiger partial charge in [0.25, 0.3) is 0 Å². The van der Waals surface area contributed by atoms with Crippen molar-refractivity contribution in [3.8, 4) is 16.9 Å². The number of rotatable bonds is 5. The summed E-state index contributed by atoms with van der Waals surface area (Å²) in [6, 6.07) is 23.1. The molecule has 4 rings (SSSR count). The number of carbonyl (C=O) groups is 1. The van der Waals surface area contributed by atoms with Crippen molar-refractivity contribution in [1.82, 2.24) is 9.78 Å². The average Bonchev–Trinajstić information content (AvgIpc) is 3.24. The van der Waals surface area contributed by atoms with E-state index in [9.17, 15) is 18.0 Å². The van der Waals surface area contributed by atoms with Gasteiger partial charge in [-0.25, -0.2) is 9.48 Å². The van der Waals surface area contributed by atoms with Gasteiger partial charge in [0.1, 0.15) is 17.9 Å². The molecule has 1 aromatic heterocycles. The van der Waals surface area contributed by atoms with E-state index in [0.717, 1.165) is 23.4 Å². The molecule has 0 unspecified atom stereocenters. The van der Waals surface area contributed by atoms with E-state index in [2.05, 4.69) is 5.10 Å². The summed E-state index contributed by atoms with van der Waals surface area (Å²) in [5.74, 6) is -0.668. The third kappa shape index (κ3) is 4.66. The average molecular weight is 422 g/mol. The number of carbonyl (C=O) groups excluding carboxylic acids is 1. The molecule has 0 atom stereocenters. The van der Waals surface area contributed by atoms with Crippen LogP contribution in [0.2, 0.25) is 0 Å². The lowest BCUT2D eigenvalue weighted by molar-refractivity contribution is -0.137. The molecule has 156 valence electrons. The minimum Gasteiger partial charge on any atom is -0.457 e. The van der Waals surface area contributed by atoms with Crippen LogP contribution >= 0.6 is 0 Å². The Bertz CT molecular complexity index is 1190. The number of halogens is 3. The zero-order valence-electron chi connectivity index (χ0n) is 16.2. The van der Waals surface area contributed by atoms with Gasteiger partial charge in [-0.05, 0) is 29.8 Å². The standard InChI is InChI=1S/C24H17F3N2O2/c25-24(26,27)19-11-7-8-17(14-19)16-31-23(30)21-15-29(20-12-5-2-6-13-20)28-22(21)18-9-3-1-4-10-18/h1-15H,16H2. The zero-order valence-corrected chi connectivity index (χ0v) is 16.2. The highest BCUT2D eigenvalue weighted by Crippen LogP contribution is 2.30. The highest BCUT2D eigenvalue weighted by molar-refractivity contribution is 5.96. The van der Waals surface area contributed by atoms with Crippen LogP contribution in [0.1, 0.15) is 21.5 Å². The summed E-state index contributed by atoms with van der Waals surface area (Å²) < 4.78 is 45.7. The number of ether oxygens (including phenoxy) is 1. The lowest BCUT2D eigenvalue weighted by atomic mass is 10.1. The number of esters is 1. The predicted molar refractivity (Wildman–Crippen MR) is 110 cm³/mol. The molecular weight excluding hydrogens is 405 g/mol. The van der Waals surface area contributed by atoms with E-state index in [1.807, 2.05) is 60.7 Å². The molecule has 0 aliphatic rings. The van der Waals surface area contributed by atoms with Crippen LogP contribution in [0.25, 0.3) is 16.9 Å². The van der Waals surface area contributed by atoms with Gasteiger partial charge < -0.3 is 4.74 Å². The summed E-state index contributed by atoms with van der Waals surface area (Å²) in [5, 5.41) is 4.54. The Morgan fingerprint density at radius 1 is 0.903 bits per heavy atom. The zero-order chi connectivity index (χ0) is 21.8. The Morgan fingerprint density at radius 3 is 2.26 bits per heavy atom. The molecule has 3 aromatic carbocycles. The first-order valence-corrected chi connectivity index (χ1v) is 9.45. The van der Waals surface area contributed by atoms with E-state index < -0.39 is 17.7 Å². The van der Waals surface area contributed by atoms with Gasteiger partial charge in [-0.2, -0.15) is 18.3 Å². The highest BCUT2D eigenvalue weighted by Gasteiger charge is 2.30. The number of nitrogens with zero attached hydrogens (tertiary/aromatic N) is 2. The lowest BCUT2D eigenvalue weighted by Gasteiger charge is -2.09. The first kappa shape index (κ1) is 20.4. The molecule has 0 amide bonds. The molecule has 4 aromatic rings. The summed E-state index contributed by atoms with van der Waals surface area (Å²) in [5.41, 5.74) is 1.60. The topological polar surface area (TPSA) is 44.1 Å². The Hall–Kier alpha value is -3.87. The van der Waals surface area contributed by atoms with E-state index in [1.54, 1.807) is 10.9 Å². The van der Waals surface area contributed by atoms with Crippen molar-refractivity contribution in [1.29, 1.82) is 0 Å². The van der Waals surface area contributed by atoms with Crippen LogP contribution < -0.4 is 0 Å². The summed E-state index contributed by atoms with van der Waals surface area (Å²) in [7, 11) is 0. The number of alkyl halides is 3. The molecule has 0 aliphatic carbocycles. The molecule has 7 heteroatoms. The first-order valence-electron chi connectivity index (χ1n) is 9.45. The van der Waals surface area contributed by atoms with E-state index in [-0.39, 0.29) is 17.7 Å². The fraction of sp³-hybridized carbons (Fsp3) is 0.0833. The second-order valence-electron chi connectivity index (χ2n) is 6.81. The van der Waals surface area contributed by atoms with Crippen LogP contribution in [0.15, 0.2) is 91.1 Å². The number of hydrogen-bond acceptors (Lipinski definition) is 3. The summed E-state index contributed by atoms with van der Waals surface area (Å²) in [4.78, 5) is 12.8. The minimum atomic E-state index is -4.46. The molecule has 0 saturated heterocycles. The number of hydrogen-bond donors (Lipinski definition) is 0. The second kappa shape index (κ2) is 8.47. The maximum absolute atomic E-state index is 12.9. The highest BCUT2D eigenvalue weighted by atomic mass is 19.4. The molecule has 0 bridgehead atoms. The third-order valence-electron chi connectivity index (χ3n) is 4.63. The van der Waals surface area contributed by atoms with Crippen molar-refractivity contribution in [3.63, 3.8) is 0 Å². The number of aromatic nitrogens is 2. The van der Waals surface area contributed by atoms with Gasteiger partial charge in [0.05, 0.1) is 11.3 Å². The van der Waals surface area contributed by atoms with Crippen LogP contribution in [-0.4, -0.2) is 15.7 Å². The van der Waals surface area contributed by atoms with Gasteiger partial charge in [-0.3, -0.25) is 0 Å². The van der Waals surface area contributed by atoms with E-state index in [4.69, 9.17) is 4.74 Å². The van der Waals surface area contributed by atoms with Crippen LogP contribution in [0.3, 0.4) is 0 Å². The van der Waals surface area contributed by atoms with Crippen molar-refractivity contribution in [3.05, 3.63) is 108 Å². The summed E-state index contributed by atoms with van der Waals surface area (Å²) >= 11 is 0.